The minimum absolute atomic E-state index is 0.274. The molecule has 0 heterocycles. The van der Waals surface area contributed by atoms with Crippen LogP contribution in [0.4, 0.5) is 0 Å². The van der Waals surface area contributed by atoms with Crippen LogP contribution in [-0.4, -0.2) is 30.1 Å². The second-order valence-electron chi connectivity index (χ2n) is 4.52. The van der Waals surface area contributed by atoms with Gasteiger partial charge in [-0.1, -0.05) is 30.3 Å². The molecule has 17 heavy (non-hydrogen) atoms. The Morgan fingerprint density at radius 1 is 1.35 bits per heavy atom. The molecule has 1 aromatic carbocycles. The molecular formula is C14H18N2O. The fraction of sp³-hybridized carbons (Fsp3) is 0.429. The molecular weight excluding hydrogens is 212 g/mol. The van der Waals surface area contributed by atoms with E-state index >= 15 is 0 Å². The third-order valence-corrected chi connectivity index (χ3v) is 3.17. The van der Waals surface area contributed by atoms with Gasteiger partial charge in [0.15, 0.2) is 0 Å². The summed E-state index contributed by atoms with van der Waals surface area (Å²) in [6.45, 7) is 0. The number of ketones is 1. The summed E-state index contributed by atoms with van der Waals surface area (Å²) in [7, 11) is 1.95. The number of rotatable bonds is 3. The van der Waals surface area contributed by atoms with E-state index in [9.17, 15) is 4.79 Å². The highest BCUT2D eigenvalue weighted by Crippen LogP contribution is 2.19. The number of carbonyl (C=O) groups excluding carboxylic acids is 1. The molecule has 1 aromatic rings. The minimum Gasteiger partial charge on any atom is -0.300 e. The number of hydrogen-bond donors (Lipinski definition) is 0. The highest BCUT2D eigenvalue weighted by atomic mass is 16.1. The lowest BCUT2D eigenvalue weighted by Gasteiger charge is -2.28. The maximum absolute atomic E-state index is 11.4. The smallest absolute Gasteiger partial charge is 0.135 e. The van der Waals surface area contributed by atoms with Crippen molar-refractivity contribution in [3.63, 3.8) is 0 Å². The largest absolute Gasteiger partial charge is 0.300 e. The van der Waals surface area contributed by atoms with Crippen molar-refractivity contribution in [2.75, 3.05) is 7.05 Å². The van der Waals surface area contributed by atoms with Gasteiger partial charge in [0.25, 0.3) is 0 Å². The Bertz CT molecular complexity index is 400. The number of carbonyl (C=O) groups is 1. The van der Waals surface area contributed by atoms with Gasteiger partial charge in [-0.2, -0.15) is 5.10 Å². The van der Waals surface area contributed by atoms with E-state index in [-0.39, 0.29) is 6.04 Å². The fourth-order valence-corrected chi connectivity index (χ4v) is 2.11. The van der Waals surface area contributed by atoms with Crippen LogP contribution in [0.1, 0.15) is 31.2 Å². The maximum atomic E-state index is 11.4. The van der Waals surface area contributed by atoms with Crippen LogP contribution >= 0.6 is 0 Å². The summed E-state index contributed by atoms with van der Waals surface area (Å²) in [5.74, 6) is 0.364. The fourth-order valence-electron chi connectivity index (χ4n) is 2.11. The maximum Gasteiger partial charge on any atom is 0.135 e. The minimum atomic E-state index is 0.274. The van der Waals surface area contributed by atoms with Gasteiger partial charge in [0.05, 0.1) is 12.3 Å². The lowest BCUT2D eigenvalue weighted by molar-refractivity contribution is -0.121. The molecule has 3 nitrogen and oxygen atoms in total. The zero-order valence-corrected chi connectivity index (χ0v) is 10.2. The number of nitrogens with zero attached hydrogens (tertiary/aromatic N) is 2. The first kappa shape index (κ1) is 11.8. The van der Waals surface area contributed by atoms with Gasteiger partial charge in [-0.15, -0.1) is 0 Å². The Kier molecular flexibility index (Phi) is 3.91. The van der Waals surface area contributed by atoms with Crippen LogP contribution in [0, 0.1) is 0 Å². The van der Waals surface area contributed by atoms with E-state index in [1.54, 1.807) is 0 Å². The third-order valence-electron chi connectivity index (χ3n) is 3.17. The summed E-state index contributed by atoms with van der Waals surface area (Å²) < 4.78 is 0. The predicted molar refractivity (Wildman–Crippen MR) is 69.1 cm³/mol. The topological polar surface area (TPSA) is 32.7 Å². The van der Waals surface area contributed by atoms with E-state index in [2.05, 4.69) is 5.10 Å². The van der Waals surface area contributed by atoms with Crippen molar-refractivity contribution in [2.24, 2.45) is 5.10 Å². The third kappa shape index (κ3) is 3.41. The van der Waals surface area contributed by atoms with Gasteiger partial charge < -0.3 is 0 Å². The molecule has 0 aromatic heterocycles. The highest BCUT2D eigenvalue weighted by Gasteiger charge is 2.21. The Labute approximate surface area is 102 Å². The molecule has 0 radical (unpaired) electrons. The Hall–Kier alpha value is -1.64. The molecule has 1 atom stereocenters. The molecule has 0 bridgehead atoms. The Balaban J connectivity index is 1.94. The van der Waals surface area contributed by atoms with Crippen LogP contribution in [0.3, 0.4) is 0 Å². The van der Waals surface area contributed by atoms with Gasteiger partial charge >= 0.3 is 0 Å². The predicted octanol–water partition coefficient (Wildman–Crippen LogP) is 2.46. The number of hydrogen-bond acceptors (Lipinski definition) is 3. The summed E-state index contributed by atoms with van der Waals surface area (Å²) in [5.41, 5.74) is 1.08. The molecule has 0 unspecified atom stereocenters. The van der Waals surface area contributed by atoms with E-state index in [4.69, 9.17) is 0 Å². The molecule has 1 saturated carbocycles. The van der Waals surface area contributed by atoms with Crippen molar-refractivity contribution in [3.8, 4) is 0 Å². The van der Waals surface area contributed by atoms with Crippen LogP contribution < -0.4 is 0 Å². The van der Waals surface area contributed by atoms with Gasteiger partial charge in [0.1, 0.15) is 5.78 Å². The second-order valence-corrected chi connectivity index (χ2v) is 4.52. The molecule has 0 amide bonds. The lowest BCUT2D eigenvalue weighted by Crippen LogP contribution is -2.32. The first-order valence-corrected chi connectivity index (χ1v) is 6.09. The Morgan fingerprint density at radius 2 is 2.12 bits per heavy atom. The van der Waals surface area contributed by atoms with E-state index in [1.165, 1.54) is 0 Å². The van der Waals surface area contributed by atoms with E-state index in [0.29, 0.717) is 12.2 Å². The quantitative estimate of drug-likeness (QED) is 0.590. The first-order chi connectivity index (χ1) is 8.25. The molecule has 1 fully saturated rings. The van der Waals surface area contributed by atoms with Crippen LogP contribution in [0.25, 0.3) is 0 Å². The number of Topliss-reactive ketones (excluding diaryl/α,β-unsaturated/α-hetero) is 1. The van der Waals surface area contributed by atoms with Crippen molar-refractivity contribution in [3.05, 3.63) is 35.9 Å². The summed E-state index contributed by atoms with van der Waals surface area (Å²) in [6.07, 6.45) is 5.29. The molecule has 0 saturated heterocycles. The van der Waals surface area contributed by atoms with Gasteiger partial charge in [-0.25, -0.2) is 0 Å². The Morgan fingerprint density at radius 3 is 2.82 bits per heavy atom. The number of hydrazone groups is 1. The molecule has 1 aliphatic rings. The average Bonchev–Trinajstić information content (AvgIpc) is 2.37. The summed E-state index contributed by atoms with van der Waals surface area (Å²) in [5, 5.41) is 6.33. The summed E-state index contributed by atoms with van der Waals surface area (Å²) in [4.78, 5) is 11.4. The van der Waals surface area contributed by atoms with Gasteiger partial charge in [0.2, 0.25) is 0 Å². The SMILES string of the molecule is CN(/N=C/c1ccccc1)[C@H]1CCCC(=O)C1. The monoisotopic (exact) mass is 230 g/mol. The van der Waals surface area contributed by atoms with Crippen LogP contribution in [-0.2, 0) is 4.79 Å². The zero-order chi connectivity index (χ0) is 12.1. The van der Waals surface area contributed by atoms with Crippen LogP contribution in [0.5, 0.6) is 0 Å². The first-order valence-electron chi connectivity index (χ1n) is 6.09. The standard InChI is InChI=1S/C14H18N2O/c1-16(13-8-5-9-14(17)10-13)15-11-12-6-3-2-4-7-12/h2-4,6-7,11,13H,5,8-10H2,1H3/b15-11+/t13-/m0/s1. The molecule has 90 valence electrons. The van der Waals surface area contributed by atoms with Crippen molar-refractivity contribution < 1.29 is 4.79 Å². The van der Waals surface area contributed by atoms with E-state index in [0.717, 1.165) is 24.8 Å². The molecule has 0 N–H and O–H groups in total. The second kappa shape index (κ2) is 5.62. The molecule has 3 heteroatoms. The summed E-state index contributed by atoms with van der Waals surface area (Å²) >= 11 is 0. The van der Waals surface area contributed by atoms with Gasteiger partial charge in [0, 0.05) is 19.9 Å². The van der Waals surface area contributed by atoms with Crippen molar-refractivity contribution in [1.82, 2.24) is 5.01 Å². The van der Waals surface area contributed by atoms with Gasteiger partial charge in [-0.05, 0) is 18.4 Å². The van der Waals surface area contributed by atoms with Crippen LogP contribution in [0.15, 0.2) is 35.4 Å². The van der Waals surface area contributed by atoms with Crippen molar-refractivity contribution in [1.29, 1.82) is 0 Å². The molecule has 2 rings (SSSR count). The molecule has 1 aliphatic carbocycles. The van der Waals surface area contributed by atoms with Crippen LogP contribution in [0.2, 0.25) is 0 Å². The van der Waals surface area contributed by atoms with E-state index < -0.39 is 0 Å². The van der Waals surface area contributed by atoms with E-state index in [1.807, 2.05) is 48.6 Å². The average molecular weight is 230 g/mol. The highest BCUT2D eigenvalue weighted by molar-refractivity contribution is 5.80. The zero-order valence-electron chi connectivity index (χ0n) is 10.2. The van der Waals surface area contributed by atoms with Crippen molar-refractivity contribution >= 4 is 12.0 Å². The lowest BCUT2D eigenvalue weighted by atomic mass is 9.94. The normalized spacial score (nSPS) is 20.8. The molecule has 0 aliphatic heterocycles. The van der Waals surface area contributed by atoms with Gasteiger partial charge in [-0.3, -0.25) is 9.80 Å². The number of benzene rings is 1. The summed E-state index contributed by atoms with van der Waals surface area (Å²) in [6, 6.07) is 10.3. The molecule has 0 spiro atoms. The van der Waals surface area contributed by atoms with Crippen molar-refractivity contribution in [2.45, 2.75) is 31.7 Å².